The lowest BCUT2D eigenvalue weighted by molar-refractivity contribution is 0.0637. The number of hydrogen-bond acceptors (Lipinski definition) is 5. The molecule has 2 amide bonds. The van der Waals surface area contributed by atoms with Gasteiger partial charge in [-0.2, -0.15) is 5.26 Å². The van der Waals surface area contributed by atoms with Gasteiger partial charge in [0.2, 0.25) is 0 Å². The fourth-order valence-corrected chi connectivity index (χ4v) is 2.99. The predicted molar refractivity (Wildman–Crippen MR) is 101 cm³/mol. The molecular weight excluding hydrogens is 342 g/mol. The van der Waals surface area contributed by atoms with E-state index in [1.807, 2.05) is 6.07 Å². The zero-order valence-electron chi connectivity index (χ0n) is 15.2. The Balaban J connectivity index is 1.72. The first-order valence-electron chi connectivity index (χ1n) is 8.91. The average molecular weight is 363 g/mol. The normalized spacial score (nSPS) is 14.4. The van der Waals surface area contributed by atoms with Crippen LogP contribution in [0.25, 0.3) is 0 Å². The van der Waals surface area contributed by atoms with Gasteiger partial charge in [0.1, 0.15) is 17.5 Å². The summed E-state index contributed by atoms with van der Waals surface area (Å²) in [5.74, 6) is -0.624. The summed E-state index contributed by atoms with van der Waals surface area (Å²) in [5, 5.41) is 11.8. The van der Waals surface area contributed by atoms with E-state index in [2.05, 4.69) is 22.1 Å². The molecule has 0 saturated carbocycles. The summed E-state index contributed by atoms with van der Waals surface area (Å²) in [6.07, 6.45) is 0. The molecule has 1 N–H and O–H groups in total. The fourth-order valence-electron chi connectivity index (χ4n) is 2.99. The molecular formula is C20H21N5O2. The van der Waals surface area contributed by atoms with E-state index in [4.69, 9.17) is 5.26 Å². The quantitative estimate of drug-likeness (QED) is 0.897. The molecule has 0 atom stereocenters. The van der Waals surface area contributed by atoms with Crippen LogP contribution in [-0.2, 0) is 0 Å². The lowest BCUT2D eigenvalue weighted by Gasteiger charge is -2.33. The lowest BCUT2D eigenvalue weighted by Crippen LogP contribution is -2.48. The van der Waals surface area contributed by atoms with Crippen molar-refractivity contribution in [3.63, 3.8) is 0 Å². The minimum absolute atomic E-state index is 0.140. The summed E-state index contributed by atoms with van der Waals surface area (Å²) in [7, 11) is 0. The van der Waals surface area contributed by atoms with Crippen LogP contribution < -0.4 is 5.32 Å². The monoisotopic (exact) mass is 363 g/mol. The molecule has 138 valence electrons. The van der Waals surface area contributed by atoms with Crippen molar-refractivity contribution in [3.05, 3.63) is 59.4 Å². The number of likely N-dealkylation sites (N-methyl/N-ethyl adjacent to an activating group) is 1. The van der Waals surface area contributed by atoms with Gasteiger partial charge in [0.15, 0.2) is 0 Å². The Labute approximate surface area is 158 Å². The Kier molecular flexibility index (Phi) is 5.79. The Hall–Kier alpha value is -3.24. The van der Waals surface area contributed by atoms with Gasteiger partial charge >= 0.3 is 0 Å². The van der Waals surface area contributed by atoms with Gasteiger partial charge in [0.25, 0.3) is 11.8 Å². The van der Waals surface area contributed by atoms with E-state index in [9.17, 15) is 9.59 Å². The Morgan fingerprint density at radius 2 is 1.78 bits per heavy atom. The van der Waals surface area contributed by atoms with Gasteiger partial charge in [-0.15, -0.1) is 0 Å². The smallest absolute Gasteiger partial charge is 0.274 e. The van der Waals surface area contributed by atoms with E-state index in [0.29, 0.717) is 24.3 Å². The third-order valence-electron chi connectivity index (χ3n) is 4.60. The molecule has 1 aliphatic heterocycles. The third kappa shape index (κ3) is 4.30. The number of pyridine rings is 1. The van der Waals surface area contributed by atoms with Crippen LogP contribution in [0.2, 0.25) is 0 Å². The number of rotatable bonds is 4. The number of carbonyl (C=O) groups is 2. The van der Waals surface area contributed by atoms with Crippen LogP contribution in [0.5, 0.6) is 0 Å². The first-order chi connectivity index (χ1) is 13.1. The number of para-hydroxylation sites is 1. The van der Waals surface area contributed by atoms with E-state index in [-0.39, 0.29) is 17.3 Å². The van der Waals surface area contributed by atoms with Gasteiger partial charge in [-0.3, -0.25) is 9.59 Å². The number of benzene rings is 1. The highest BCUT2D eigenvalue weighted by Crippen LogP contribution is 2.15. The van der Waals surface area contributed by atoms with E-state index in [0.717, 1.165) is 19.6 Å². The highest BCUT2D eigenvalue weighted by atomic mass is 16.2. The maximum atomic E-state index is 12.7. The van der Waals surface area contributed by atoms with Crippen molar-refractivity contribution in [2.24, 2.45) is 0 Å². The van der Waals surface area contributed by atoms with Crippen molar-refractivity contribution in [1.29, 1.82) is 5.26 Å². The van der Waals surface area contributed by atoms with Crippen molar-refractivity contribution < 1.29 is 9.59 Å². The number of piperazine rings is 1. The van der Waals surface area contributed by atoms with Gasteiger partial charge in [-0.05, 0) is 30.8 Å². The highest BCUT2D eigenvalue weighted by molar-refractivity contribution is 6.04. The van der Waals surface area contributed by atoms with Crippen LogP contribution in [0.15, 0.2) is 42.5 Å². The number of nitrogens with one attached hydrogen (secondary N) is 1. The molecule has 0 spiro atoms. The van der Waals surface area contributed by atoms with Crippen molar-refractivity contribution in [1.82, 2.24) is 14.8 Å². The maximum absolute atomic E-state index is 12.7. The molecule has 7 nitrogen and oxygen atoms in total. The predicted octanol–water partition coefficient (Wildman–Crippen LogP) is 1.98. The van der Waals surface area contributed by atoms with Gasteiger partial charge in [-0.25, -0.2) is 4.98 Å². The van der Waals surface area contributed by atoms with Gasteiger partial charge in [0.05, 0.1) is 11.3 Å². The van der Waals surface area contributed by atoms with Crippen molar-refractivity contribution in [2.75, 3.05) is 38.0 Å². The fraction of sp³-hybridized carbons (Fsp3) is 0.300. The zero-order chi connectivity index (χ0) is 19.2. The molecule has 0 bridgehead atoms. The molecule has 0 unspecified atom stereocenters. The summed E-state index contributed by atoms with van der Waals surface area (Å²) >= 11 is 0. The number of hydrogen-bond donors (Lipinski definition) is 1. The number of carbonyl (C=O) groups excluding carboxylic acids is 2. The number of nitriles is 1. The summed E-state index contributed by atoms with van der Waals surface area (Å²) in [6, 6.07) is 13.6. The number of nitrogens with zero attached hydrogens (tertiary/aromatic N) is 4. The van der Waals surface area contributed by atoms with Crippen LogP contribution in [-0.4, -0.2) is 59.3 Å². The second-order valence-corrected chi connectivity index (χ2v) is 6.25. The zero-order valence-corrected chi connectivity index (χ0v) is 15.2. The molecule has 1 aromatic heterocycles. The summed E-state index contributed by atoms with van der Waals surface area (Å²) < 4.78 is 0. The van der Waals surface area contributed by atoms with Crippen molar-refractivity contribution in [3.8, 4) is 6.07 Å². The summed E-state index contributed by atoms with van der Waals surface area (Å²) in [4.78, 5) is 33.5. The first-order valence-corrected chi connectivity index (χ1v) is 8.91. The minimum atomic E-state index is -0.455. The number of amides is 2. The lowest BCUT2D eigenvalue weighted by atomic mass is 10.2. The molecule has 1 aromatic carbocycles. The van der Waals surface area contributed by atoms with Crippen LogP contribution in [0.3, 0.4) is 0 Å². The van der Waals surface area contributed by atoms with Crippen LogP contribution >= 0.6 is 0 Å². The van der Waals surface area contributed by atoms with E-state index in [1.165, 1.54) is 0 Å². The van der Waals surface area contributed by atoms with Crippen molar-refractivity contribution in [2.45, 2.75) is 6.92 Å². The molecule has 2 heterocycles. The van der Waals surface area contributed by atoms with Crippen molar-refractivity contribution >= 4 is 17.5 Å². The molecule has 1 fully saturated rings. The molecule has 2 aromatic rings. The molecule has 0 aliphatic carbocycles. The molecule has 7 heteroatoms. The number of anilines is 1. The summed E-state index contributed by atoms with van der Waals surface area (Å²) in [5.41, 5.74) is 1.17. The topological polar surface area (TPSA) is 89.3 Å². The molecule has 0 radical (unpaired) electrons. The first kappa shape index (κ1) is 18.5. The second-order valence-electron chi connectivity index (χ2n) is 6.25. The largest absolute Gasteiger partial charge is 0.335 e. The highest BCUT2D eigenvalue weighted by Gasteiger charge is 2.23. The molecule has 1 saturated heterocycles. The Morgan fingerprint density at radius 3 is 2.48 bits per heavy atom. The molecule has 1 aliphatic rings. The minimum Gasteiger partial charge on any atom is -0.335 e. The van der Waals surface area contributed by atoms with Crippen LogP contribution in [0.4, 0.5) is 5.69 Å². The van der Waals surface area contributed by atoms with Gasteiger partial charge < -0.3 is 15.1 Å². The molecule has 27 heavy (non-hydrogen) atoms. The SMILES string of the molecule is CCN1CCN(C(=O)c2cccc(C(=O)Nc3ccccc3C#N)n2)CC1. The van der Waals surface area contributed by atoms with Crippen LogP contribution in [0.1, 0.15) is 33.5 Å². The number of aromatic nitrogens is 1. The molecule has 3 rings (SSSR count). The Morgan fingerprint density at radius 1 is 1.07 bits per heavy atom. The van der Waals surface area contributed by atoms with Gasteiger partial charge in [0, 0.05) is 26.2 Å². The standard InChI is InChI=1S/C20H21N5O2/c1-2-24-10-12-25(13-11-24)20(27)18-9-5-8-17(22-18)19(26)23-16-7-4-3-6-15(16)14-21/h3-9H,2,10-13H2,1H3,(H,23,26). The van der Waals surface area contributed by atoms with E-state index in [1.54, 1.807) is 47.4 Å². The average Bonchev–Trinajstić information content (AvgIpc) is 2.73. The third-order valence-corrected chi connectivity index (χ3v) is 4.60. The van der Waals surface area contributed by atoms with Gasteiger partial charge in [-0.1, -0.05) is 25.1 Å². The summed E-state index contributed by atoms with van der Waals surface area (Å²) in [6.45, 7) is 6.06. The maximum Gasteiger partial charge on any atom is 0.274 e. The van der Waals surface area contributed by atoms with E-state index < -0.39 is 5.91 Å². The van der Waals surface area contributed by atoms with E-state index >= 15 is 0 Å². The second kappa shape index (κ2) is 8.43. The van der Waals surface area contributed by atoms with Crippen LogP contribution in [0, 0.1) is 11.3 Å². The Bertz CT molecular complexity index is 882.